The number of aliphatic hydroxyl groups is 8. The molecule has 76 heavy (non-hydrogen) atoms. The molecule has 0 bridgehead atoms. The van der Waals surface area contributed by atoms with Crippen molar-refractivity contribution < 1.29 is 89.0 Å². The number of carbonyl (C=O) groups excluding carboxylic acids is 6. The van der Waals surface area contributed by atoms with Crippen LogP contribution in [0.1, 0.15) is 126 Å². The third-order valence-corrected chi connectivity index (χ3v) is 15.1. The van der Waals surface area contributed by atoms with Crippen LogP contribution in [0.5, 0.6) is 0 Å². The van der Waals surface area contributed by atoms with Crippen LogP contribution in [-0.4, -0.2) is 169 Å². The molecule has 0 spiro atoms. The van der Waals surface area contributed by atoms with Crippen LogP contribution in [0, 0.1) is 0 Å². The third kappa shape index (κ3) is 14.3. The van der Waals surface area contributed by atoms with Crippen LogP contribution in [0.2, 0.25) is 0 Å². The molecule has 4 rings (SSSR count). The first-order valence-electron chi connectivity index (χ1n) is 25.1. The Morgan fingerprint density at radius 3 is 1.22 bits per heavy atom. The number of aryl methyl sites for hydroxylation is 2. The monoisotopic (exact) mass is 1080 g/mol. The van der Waals surface area contributed by atoms with Gasteiger partial charge in [-0.2, -0.15) is 0 Å². The highest BCUT2D eigenvalue weighted by Gasteiger charge is 2.72. The fourth-order valence-electron chi connectivity index (χ4n) is 8.69. The Morgan fingerprint density at radius 1 is 0.500 bits per heavy atom. The number of nitrogens with one attached hydrogen (secondary N) is 6. The molecule has 2 aromatic rings. The lowest BCUT2D eigenvalue weighted by atomic mass is 9.65. The lowest BCUT2D eigenvalue weighted by molar-refractivity contribution is -0.414. The van der Waals surface area contributed by atoms with Gasteiger partial charge in [0.05, 0.1) is 0 Å². The third-order valence-electron chi connectivity index (χ3n) is 15.1. The molecular formula is C52H80N6O18. The molecule has 13 atom stereocenters. The summed E-state index contributed by atoms with van der Waals surface area (Å²) in [4.78, 5) is 86.7. The topological polar surface area (TPSA) is 392 Å². The summed E-state index contributed by atoms with van der Waals surface area (Å²) >= 11 is 0. The molecule has 2 saturated heterocycles. The largest absolute Gasteiger partial charge is 0.480 e. The molecule has 2 aromatic carbocycles. The molecule has 2 fully saturated rings. The number of carboxylic acid groups (broad SMARTS) is 1. The zero-order chi connectivity index (χ0) is 58.2. The summed E-state index contributed by atoms with van der Waals surface area (Å²) in [5.74, 6) is -10.1. The predicted molar refractivity (Wildman–Crippen MR) is 275 cm³/mol. The molecule has 24 nitrogen and oxygen atoms in total. The van der Waals surface area contributed by atoms with E-state index in [9.17, 15) is 79.5 Å². The van der Waals surface area contributed by atoms with Crippen molar-refractivity contribution in [2.24, 2.45) is 0 Å². The first-order chi connectivity index (χ1) is 34.8. The number of aliphatic carboxylic acids is 1. The fourth-order valence-corrected chi connectivity index (χ4v) is 8.69. The standard InChI is InChI=1S/C26H39N3O10.C26H41N3O8/c1-7-15-8-10-16(11-9-15)28-20(31)17(12-13-18(22(33)34)27-14(2)30)29-21(32)19-23(3,35)24(4,36)25(5,37)26(6,38)39-19;1-7-17-11-13-18(14-12-17)29-21(31)19(28-16(2)30)10-8-9-15-27-22(32)20-23(3,33)24(4,34)25(5,35)26(6,36)37-20/h8-11,17-19,35-38H,7,12-13H2,1-6H3,(H,27,30)(H,28,31)(H,29,32)(H,33,34);11-14,19-20,33-36H,7-10,15H2,1-6H3,(H,27,32)(H,28,30)(H,29,31)/t17?,18?,19?,23-,24-,25?,26-;19?,20?,23-,24-,25?,26-/m11/s1. The maximum atomic E-state index is 13.3. The smallest absolute Gasteiger partial charge is 0.326 e. The van der Waals surface area contributed by atoms with E-state index in [-0.39, 0.29) is 31.2 Å². The summed E-state index contributed by atoms with van der Waals surface area (Å²) < 4.78 is 10.7. The van der Waals surface area contributed by atoms with Crippen molar-refractivity contribution in [3.05, 3.63) is 59.7 Å². The minimum Gasteiger partial charge on any atom is -0.480 e. The number of carboxylic acids is 1. The Hall–Kier alpha value is -5.67. The zero-order valence-electron chi connectivity index (χ0n) is 45.4. The quantitative estimate of drug-likeness (QED) is 0.0760. The van der Waals surface area contributed by atoms with Crippen LogP contribution in [0.25, 0.3) is 0 Å². The van der Waals surface area contributed by atoms with Crippen LogP contribution < -0.4 is 31.9 Å². The van der Waals surface area contributed by atoms with Crippen LogP contribution in [-0.2, 0) is 55.9 Å². The van der Waals surface area contributed by atoms with E-state index in [1.165, 1.54) is 6.92 Å². The minimum absolute atomic E-state index is 0.141. The second-order valence-electron chi connectivity index (χ2n) is 20.9. The highest BCUT2D eigenvalue weighted by atomic mass is 16.7. The van der Waals surface area contributed by atoms with Crippen LogP contribution >= 0.6 is 0 Å². The summed E-state index contributed by atoms with van der Waals surface area (Å²) in [7, 11) is 0. The van der Waals surface area contributed by atoms with Gasteiger partial charge in [0, 0.05) is 31.8 Å². The van der Waals surface area contributed by atoms with Crippen molar-refractivity contribution in [2.45, 2.75) is 204 Å². The Balaban J connectivity index is 0.000000401. The van der Waals surface area contributed by atoms with Crippen molar-refractivity contribution in [1.29, 1.82) is 0 Å². The molecule has 0 radical (unpaired) electrons. The number of hydrogen-bond donors (Lipinski definition) is 15. The summed E-state index contributed by atoms with van der Waals surface area (Å²) in [6.45, 7) is 15.2. The second kappa shape index (κ2) is 24.8. The average Bonchev–Trinajstić information content (AvgIpc) is 3.31. The van der Waals surface area contributed by atoms with E-state index < -0.39 is 105 Å². The lowest BCUT2D eigenvalue weighted by Gasteiger charge is -2.59. The van der Waals surface area contributed by atoms with Gasteiger partial charge < -0.3 is 87.3 Å². The number of unbranched alkanes of at least 4 members (excludes halogenated alkanes) is 1. The number of rotatable bonds is 20. The van der Waals surface area contributed by atoms with Gasteiger partial charge in [0.2, 0.25) is 23.6 Å². The molecule has 426 valence electrons. The van der Waals surface area contributed by atoms with Gasteiger partial charge in [-0.25, -0.2) is 4.79 Å². The molecule has 0 aromatic heterocycles. The molecule has 2 aliphatic rings. The molecule has 15 N–H and O–H groups in total. The molecule has 24 heteroatoms. The Bertz CT molecular complexity index is 2380. The number of anilines is 2. The van der Waals surface area contributed by atoms with Gasteiger partial charge in [-0.1, -0.05) is 38.1 Å². The van der Waals surface area contributed by atoms with E-state index in [0.29, 0.717) is 30.6 Å². The Morgan fingerprint density at radius 2 is 0.855 bits per heavy atom. The normalized spacial score (nSPS) is 32.2. The van der Waals surface area contributed by atoms with Crippen LogP contribution in [0.3, 0.4) is 0 Å². The van der Waals surface area contributed by atoms with Crippen molar-refractivity contribution in [3.8, 4) is 0 Å². The summed E-state index contributed by atoms with van der Waals surface area (Å²) in [5, 5.41) is 111. The molecule has 0 saturated carbocycles. The molecule has 2 aliphatic heterocycles. The molecule has 6 amide bonds. The first-order valence-corrected chi connectivity index (χ1v) is 25.1. The SMILES string of the molecule is CCc1ccc(NC(=O)C(CCC(NC(C)=O)C(=O)O)NC(=O)C2O[C@@](C)(O)C(C)(O)[C@](C)(O)[C@]2(C)O)cc1.CCc1ccc(NC(=O)C(CCCCNC(=O)C2O[C@@](C)(O)C(C)(O)[C@](C)(O)[C@]2(C)O)NC(C)=O)cc1. The van der Waals surface area contributed by atoms with Gasteiger partial charge in [0.1, 0.15) is 51.7 Å². The first kappa shape index (κ1) is 64.6. The molecular weight excluding hydrogens is 997 g/mol. The molecule has 7 unspecified atom stereocenters. The lowest BCUT2D eigenvalue weighted by Crippen LogP contribution is -2.82. The average molecular weight is 1080 g/mol. The van der Waals surface area contributed by atoms with Crippen molar-refractivity contribution in [2.75, 3.05) is 17.2 Å². The molecule has 0 aliphatic carbocycles. The number of amides is 6. The summed E-state index contributed by atoms with van der Waals surface area (Å²) in [6, 6.07) is 10.8. The Kier molecular flexibility index (Phi) is 21.1. The highest BCUT2D eigenvalue weighted by Crippen LogP contribution is 2.49. The van der Waals surface area contributed by atoms with Crippen LogP contribution in [0.4, 0.5) is 11.4 Å². The van der Waals surface area contributed by atoms with Crippen molar-refractivity contribution >= 4 is 52.8 Å². The zero-order valence-corrected chi connectivity index (χ0v) is 45.4. The van der Waals surface area contributed by atoms with Gasteiger partial charge in [-0.05, 0) is 136 Å². The van der Waals surface area contributed by atoms with Gasteiger partial charge in [-0.3, -0.25) is 28.8 Å². The second-order valence-corrected chi connectivity index (χ2v) is 20.9. The van der Waals surface area contributed by atoms with Crippen molar-refractivity contribution in [3.63, 3.8) is 0 Å². The Labute approximate surface area is 442 Å². The van der Waals surface area contributed by atoms with E-state index in [4.69, 9.17) is 9.47 Å². The van der Waals surface area contributed by atoms with Crippen molar-refractivity contribution in [1.82, 2.24) is 21.3 Å². The number of carbonyl (C=O) groups is 7. The van der Waals surface area contributed by atoms with Gasteiger partial charge >= 0.3 is 5.97 Å². The number of hydrogen-bond acceptors (Lipinski definition) is 17. The van der Waals surface area contributed by atoms with Crippen LogP contribution in [0.15, 0.2) is 48.5 Å². The van der Waals surface area contributed by atoms with E-state index in [0.717, 1.165) is 86.3 Å². The van der Waals surface area contributed by atoms with Gasteiger partial charge in [0.15, 0.2) is 23.8 Å². The van der Waals surface area contributed by atoms with E-state index in [2.05, 4.69) is 31.9 Å². The number of benzene rings is 2. The number of ether oxygens (including phenoxy) is 2. The highest BCUT2D eigenvalue weighted by molar-refractivity contribution is 5.98. The van der Waals surface area contributed by atoms with E-state index in [1.54, 1.807) is 36.4 Å². The predicted octanol–water partition coefficient (Wildman–Crippen LogP) is -0.259. The minimum atomic E-state index is -2.50. The van der Waals surface area contributed by atoms with Gasteiger partial charge in [-0.15, -0.1) is 0 Å². The fraction of sp³-hybridized carbons (Fsp3) is 0.635. The van der Waals surface area contributed by atoms with Gasteiger partial charge in [0.25, 0.3) is 11.8 Å². The van der Waals surface area contributed by atoms with E-state index >= 15 is 0 Å². The maximum Gasteiger partial charge on any atom is 0.326 e. The summed E-state index contributed by atoms with van der Waals surface area (Å²) in [5.41, 5.74) is -11.0. The van der Waals surface area contributed by atoms with E-state index in [1.807, 2.05) is 26.0 Å². The molecule has 2 heterocycles. The summed E-state index contributed by atoms with van der Waals surface area (Å²) in [6.07, 6.45) is -1.29. The maximum absolute atomic E-state index is 13.3.